The van der Waals surface area contributed by atoms with Gasteiger partial charge in [0.05, 0.1) is 0 Å². The minimum atomic E-state index is -4.81. The van der Waals surface area contributed by atoms with Crippen LogP contribution in [0.1, 0.15) is 12.8 Å². The van der Waals surface area contributed by atoms with E-state index >= 15 is 0 Å². The van der Waals surface area contributed by atoms with Crippen LogP contribution < -0.4 is 0 Å². The maximum absolute atomic E-state index is 12.2. The molecule has 0 aromatic carbocycles. The average Bonchev–Trinajstić information content (AvgIpc) is 2.57. The number of carbonyl (C=O) groups excluding carboxylic acids is 2. The Morgan fingerprint density at radius 2 is 2.00 bits per heavy atom. The molecule has 0 radical (unpaired) electrons. The molecule has 2 saturated heterocycles. The molecule has 0 spiro atoms. The molecule has 0 aliphatic carbocycles. The van der Waals surface area contributed by atoms with Gasteiger partial charge >= 0.3 is 12.1 Å². The van der Waals surface area contributed by atoms with Crippen molar-refractivity contribution >= 4 is 11.8 Å². The summed E-state index contributed by atoms with van der Waals surface area (Å²) in [7, 11) is 0. The summed E-state index contributed by atoms with van der Waals surface area (Å²) in [6, 6.07) is -0.229. The van der Waals surface area contributed by atoms with Gasteiger partial charge in [0.15, 0.2) is 0 Å². The fourth-order valence-corrected chi connectivity index (χ4v) is 2.23. The monoisotopic (exact) mass is 236 g/mol. The molecule has 0 bridgehead atoms. The van der Waals surface area contributed by atoms with Gasteiger partial charge < -0.3 is 9.80 Å². The molecule has 2 amide bonds. The molecule has 2 rings (SSSR count). The Hall–Kier alpha value is -1.27. The van der Waals surface area contributed by atoms with Gasteiger partial charge in [0.25, 0.3) is 0 Å². The topological polar surface area (TPSA) is 40.6 Å². The van der Waals surface area contributed by atoms with Crippen LogP contribution in [0.2, 0.25) is 0 Å². The third-order valence-electron chi connectivity index (χ3n) is 3.02. The lowest BCUT2D eigenvalue weighted by Crippen LogP contribution is -2.55. The number of hydrogen-bond acceptors (Lipinski definition) is 2. The smallest absolute Gasteiger partial charge is 0.336 e. The van der Waals surface area contributed by atoms with Crippen LogP contribution in [-0.2, 0) is 9.59 Å². The number of rotatable bonds is 0. The first-order chi connectivity index (χ1) is 7.39. The summed E-state index contributed by atoms with van der Waals surface area (Å²) in [5.41, 5.74) is 0. The fourth-order valence-electron chi connectivity index (χ4n) is 2.23. The summed E-state index contributed by atoms with van der Waals surface area (Å²) >= 11 is 0. The number of piperazine rings is 1. The van der Waals surface area contributed by atoms with Crippen molar-refractivity contribution in [3.05, 3.63) is 0 Å². The number of nitrogens with zero attached hydrogens (tertiary/aromatic N) is 2. The van der Waals surface area contributed by atoms with Gasteiger partial charge in [-0.3, -0.25) is 9.59 Å². The summed E-state index contributed by atoms with van der Waals surface area (Å²) in [5, 5.41) is 0. The van der Waals surface area contributed by atoms with Gasteiger partial charge in [-0.2, -0.15) is 13.2 Å². The normalized spacial score (nSPS) is 25.9. The minimum absolute atomic E-state index is 0.00405. The fraction of sp³-hybridized carbons (Fsp3) is 0.778. The van der Waals surface area contributed by atoms with E-state index in [-0.39, 0.29) is 31.6 Å². The number of halogens is 3. The minimum Gasteiger partial charge on any atom is -0.336 e. The van der Waals surface area contributed by atoms with E-state index in [0.29, 0.717) is 12.8 Å². The number of carbonyl (C=O) groups is 2. The molecule has 2 aliphatic heterocycles. The molecule has 0 aromatic rings. The van der Waals surface area contributed by atoms with Crippen LogP contribution in [0, 0.1) is 0 Å². The zero-order valence-electron chi connectivity index (χ0n) is 8.46. The summed E-state index contributed by atoms with van der Waals surface area (Å²) in [4.78, 5) is 24.6. The van der Waals surface area contributed by atoms with Crippen LogP contribution in [-0.4, -0.2) is 53.5 Å². The molecule has 0 N–H and O–H groups in total. The zero-order chi connectivity index (χ0) is 11.9. The van der Waals surface area contributed by atoms with Crippen molar-refractivity contribution in [3.63, 3.8) is 0 Å². The third kappa shape index (κ3) is 1.85. The molecule has 2 fully saturated rings. The van der Waals surface area contributed by atoms with E-state index in [2.05, 4.69) is 0 Å². The Morgan fingerprint density at radius 1 is 1.31 bits per heavy atom. The van der Waals surface area contributed by atoms with E-state index in [1.54, 1.807) is 4.90 Å². The number of alkyl halides is 3. The second-order valence-corrected chi connectivity index (χ2v) is 4.03. The first kappa shape index (κ1) is 11.2. The van der Waals surface area contributed by atoms with Crippen molar-refractivity contribution < 1.29 is 22.8 Å². The van der Waals surface area contributed by atoms with Crippen LogP contribution >= 0.6 is 0 Å². The van der Waals surface area contributed by atoms with Gasteiger partial charge in [-0.05, 0) is 6.42 Å². The Balaban J connectivity index is 2.02. The lowest BCUT2D eigenvalue weighted by Gasteiger charge is -2.37. The summed E-state index contributed by atoms with van der Waals surface area (Å²) in [5.74, 6) is -1.82. The van der Waals surface area contributed by atoms with Crippen LogP contribution in [0.5, 0.6) is 0 Å². The van der Waals surface area contributed by atoms with Gasteiger partial charge in [0, 0.05) is 32.1 Å². The average molecular weight is 236 g/mol. The maximum Gasteiger partial charge on any atom is 0.471 e. The van der Waals surface area contributed by atoms with E-state index in [0.717, 1.165) is 4.90 Å². The van der Waals surface area contributed by atoms with E-state index in [1.165, 1.54) is 0 Å². The largest absolute Gasteiger partial charge is 0.471 e. The molecule has 4 nitrogen and oxygen atoms in total. The van der Waals surface area contributed by atoms with Crippen molar-refractivity contribution in [2.24, 2.45) is 0 Å². The molecule has 1 atom stereocenters. The molecule has 2 aliphatic rings. The van der Waals surface area contributed by atoms with Gasteiger partial charge in [0.2, 0.25) is 5.91 Å². The van der Waals surface area contributed by atoms with Crippen molar-refractivity contribution in [2.75, 3.05) is 19.6 Å². The van der Waals surface area contributed by atoms with E-state index in [9.17, 15) is 22.8 Å². The molecule has 2 heterocycles. The highest BCUT2D eigenvalue weighted by atomic mass is 19.4. The second kappa shape index (κ2) is 3.64. The van der Waals surface area contributed by atoms with E-state index < -0.39 is 12.1 Å². The number of fused-ring (bicyclic) bond motifs is 1. The van der Waals surface area contributed by atoms with Gasteiger partial charge in [-0.1, -0.05) is 0 Å². The molecular formula is C9H11F3N2O2. The van der Waals surface area contributed by atoms with Gasteiger partial charge in [-0.25, -0.2) is 0 Å². The Morgan fingerprint density at radius 3 is 2.62 bits per heavy atom. The van der Waals surface area contributed by atoms with E-state index in [1.807, 2.05) is 0 Å². The Bertz CT molecular complexity index is 329. The van der Waals surface area contributed by atoms with Crippen LogP contribution in [0.4, 0.5) is 13.2 Å². The third-order valence-corrected chi connectivity index (χ3v) is 3.02. The van der Waals surface area contributed by atoms with Crippen LogP contribution in [0.3, 0.4) is 0 Å². The van der Waals surface area contributed by atoms with E-state index in [4.69, 9.17) is 0 Å². The zero-order valence-corrected chi connectivity index (χ0v) is 8.46. The second-order valence-electron chi connectivity index (χ2n) is 4.03. The first-order valence-electron chi connectivity index (χ1n) is 5.05. The molecule has 90 valence electrons. The molecular weight excluding hydrogens is 225 g/mol. The Kier molecular flexibility index (Phi) is 2.55. The lowest BCUT2D eigenvalue weighted by atomic mass is 10.1. The SMILES string of the molecule is O=C1CCC2CN(C(=O)C(F)(F)F)CCN12. The predicted molar refractivity (Wildman–Crippen MR) is 47.4 cm³/mol. The van der Waals surface area contributed by atoms with Crippen LogP contribution in [0.25, 0.3) is 0 Å². The molecule has 16 heavy (non-hydrogen) atoms. The standard InChI is InChI=1S/C9H11F3N2O2/c10-9(11,12)8(16)13-3-4-14-6(5-13)1-2-7(14)15/h6H,1-5H2. The highest BCUT2D eigenvalue weighted by Gasteiger charge is 2.46. The van der Waals surface area contributed by atoms with Crippen LogP contribution in [0.15, 0.2) is 0 Å². The van der Waals surface area contributed by atoms with Crippen molar-refractivity contribution in [3.8, 4) is 0 Å². The van der Waals surface area contributed by atoms with Crippen molar-refractivity contribution in [2.45, 2.75) is 25.1 Å². The summed E-state index contributed by atoms with van der Waals surface area (Å²) in [6.07, 6.45) is -3.90. The summed E-state index contributed by atoms with van der Waals surface area (Å²) < 4.78 is 36.5. The highest BCUT2D eigenvalue weighted by molar-refractivity contribution is 5.83. The van der Waals surface area contributed by atoms with Crippen molar-refractivity contribution in [1.82, 2.24) is 9.80 Å². The lowest BCUT2D eigenvalue weighted by molar-refractivity contribution is -0.187. The first-order valence-corrected chi connectivity index (χ1v) is 5.05. The maximum atomic E-state index is 12.2. The van der Waals surface area contributed by atoms with Crippen molar-refractivity contribution in [1.29, 1.82) is 0 Å². The quantitative estimate of drug-likeness (QED) is 0.610. The Labute approximate surface area is 90.0 Å². The molecule has 1 unspecified atom stereocenters. The van der Waals surface area contributed by atoms with Gasteiger partial charge in [-0.15, -0.1) is 0 Å². The molecule has 7 heteroatoms. The predicted octanol–water partition coefficient (Wildman–Crippen LogP) is 0.382. The molecule has 0 aromatic heterocycles. The number of hydrogen-bond donors (Lipinski definition) is 0. The van der Waals surface area contributed by atoms with Gasteiger partial charge in [0.1, 0.15) is 0 Å². The summed E-state index contributed by atoms with van der Waals surface area (Å²) in [6.45, 7) is 0.190. The number of amides is 2. The molecule has 0 saturated carbocycles. The highest BCUT2D eigenvalue weighted by Crippen LogP contribution is 2.26.